The zero-order valence-corrected chi connectivity index (χ0v) is 30.3. The Bertz CT molecular complexity index is 163. The molecule has 189 valence electrons. The van der Waals surface area contributed by atoms with Crippen LogP contribution in [0.5, 0.6) is 0 Å². The summed E-state index contributed by atoms with van der Waals surface area (Å²) in [4.78, 5) is 0. The van der Waals surface area contributed by atoms with Crippen LogP contribution in [0.2, 0.25) is 0 Å². The van der Waals surface area contributed by atoms with Crippen molar-refractivity contribution in [2.45, 2.75) is 83.1 Å². The van der Waals surface area contributed by atoms with E-state index < -0.39 is 0 Å². The fourth-order valence-electron chi connectivity index (χ4n) is 2.68. The van der Waals surface area contributed by atoms with Crippen molar-refractivity contribution in [2.75, 3.05) is 73.9 Å². The molecule has 0 aliphatic rings. The van der Waals surface area contributed by atoms with Crippen LogP contribution < -0.4 is 0 Å². The van der Waals surface area contributed by atoms with E-state index in [1.807, 2.05) is 0 Å². The van der Waals surface area contributed by atoms with E-state index in [1.165, 1.54) is 73.9 Å². The van der Waals surface area contributed by atoms with E-state index in [2.05, 4.69) is 83.1 Å². The summed E-state index contributed by atoms with van der Waals surface area (Å²) < 4.78 is 0. The third kappa shape index (κ3) is 38.0. The summed E-state index contributed by atoms with van der Waals surface area (Å²) in [6.07, 6.45) is 17.0. The maximum atomic E-state index is 4.72. The molecule has 0 heterocycles. The average Bonchev–Trinajstić information content (AvgIpc) is 2.81. The predicted octanol–water partition coefficient (Wildman–Crippen LogP) is 10.8. The summed E-state index contributed by atoms with van der Waals surface area (Å²) >= 11 is 1.06. The quantitative estimate of drug-likeness (QED) is 0.179. The van der Waals surface area contributed by atoms with Crippen LogP contribution in [0.3, 0.4) is 0 Å². The van der Waals surface area contributed by atoms with Gasteiger partial charge in [-0.1, -0.05) is 83.1 Å². The zero-order valence-electron chi connectivity index (χ0n) is 23.1. The molecule has 0 radical (unpaired) electrons. The second kappa shape index (κ2) is 41.9. The van der Waals surface area contributed by atoms with Crippen molar-refractivity contribution in [3.8, 4) is 0 Å². The van der Waals surface area contributed by atoms with Crippen LogP contribution in [-0.4, -0.2) is 73.9 Å². The standard InChI is InChI=1S/4C6H15P.ClH.W/c4*1-4-7(5-2)6-3;;/h4*4-6H2,1-3H3;1H;/q;;;;;+1/p-1. The molecule has 0 saturated carbocycles. The van der Waals surface area contributed by atoms with Crippen LogP contribution in [0.15, 0.2) is 0 Å². The van der Waals surface area contributed by atoms with E-state index in [9.17, 15) is 0 Å². The molecule has 0 aromatic carbocycles. The summed E-state index contributed by atoms with van der Waals surface area (Å²) in [5, 5.41) is 0. The molecule has 0 fully saturated rings. The van der Waals surface area contributed by atoms with Gasteiger partial charge in [0.15, 0.2) is 0 Å². The van der Waals surface area contributed by atoms with E-state index in [0.717, 1.165) is 18.8 Å². The first kappa shape index (κ1) is 42.8. The minimum absolute atomic E-state index is 0.446. The van der Waals surface area contributed by atoms with Gasteiger partial charge in [-0.25, -0.2) is 0 Å². The van der Waals surface area contributed by atoms with Crippen LogP contribution in [0.1, 0.15) is 83.1 Å². The third-order valence-corrected chi connectivity index (χ3v) is 16.1. The number of hydrogen-bond acceptors (Lipinski definition) is 0. The molecule has 0 amide bonds. The Morgan fingerprint density at radius 2 is 0.367 bits per heavy atom. The van der Waals surface area contributed by atoms with Crippen molar-refractivity contribution in [1.29, 1.82) is 0 Å². The molecule has 0 spiro atoms. The van der Waals surface area contributed by atoms with E-state index >= 15 is 0 Å². The number of rotatable bonds is 12. The van der Waals surface area contributed by atoms with Gasteiger partial charge in [0.2, 0.25) is 0 Å². The van der Waals surface area contributed by atoms with Gasteiger partial charge in [0.25, 0.3) is 0 Å². The Morgan fingerprint density at radius 1 is 0.300 bits per heavy atom. The minimum atomic E-state index is 0.446. The molecular formula is C24H60ClP4W. The zero-order chi connectivity index (χ0) is 24.8. The second-order valence-corrected chi connectivity index (χ2v) is 19.4. The molecule has 0 unspecified atom stereocenters. The van der Waals surface area contributed by atoms with Crippen LogP contribution >= 0.6 is 41.1 Å². The third-order valence-electron chi connectivity index (χ3n) is 5.37. The molecule has 0 N–H and O–H groups in total. The molecule has 0 rings (SSSR count). The Labute approximate surface area is 215 Å². The average molecular weight is 692 g/mol. The summed E-state index contributed by atoms with van der Waals surface area (Å²) in [5.74, 6) is 0. The number of hydrogen-bond donors (Lipinski definition) is 0. The topological polar surface area (TPSA) is 0 Å². The molecule has 0 nitrogen and oxygen atoms in total. The van der Waals surface area contributed by atoms with Crippen LogP contribution in [0.4, 0.5) is 0 Å². The first-order valence-electron chi connectivity index (χ1n) is 12.4. The van der Waals surface area contributed by atoms with Gasteiger partial charge in [-0.05, 0) is 73.9 Å². The summed E-state index contributed by atoms with van der Waals surface area (Å²) in [7, 11) is 6.51. The summed E-state index contributed by atoms with van der Waals surface area (Å²) in [6.45, 7) is 27.5. The molecule has 0 aliphatic heterocycles. The summed E-state index contributed by atoms with van der Waals surface area (Å²) in [5.41, 5.74) is 0. The van der Waals surface area contributed by atoms with Crippen LogP contribution in [0.25, 0.3) is 0 Å². The fourth-order valence-corrected chi connectivity index (χ4v) is 8.05. The van der Waals surface area contributed by atoms with Crippen molar-refractivity contribution in [3.63, 3.8) is 0 Å². The van der Waals surface area contributed by atoms with Gasteiger partial charge in [0, 0.05) is 0 Å². The molecular weight excluding hydrogens is 631 g/mol. The van der Waals surface area contributed by atoms with E-state index in [0.29, 0.717) is 31.7 Å². The van der Waals surface area contributed by atoms with Gasteiger partial charge < -0.3 is 0 Å². The predicted molar refractivity (Wildman–Crippen MR) is 160 cm³/mol. The Kier molecular flexibility index (Phi) is 59.8. The van der Waals surface area contributed by atoms with Gasteiger partial charge in [-0.15, -0.1) is 31.7 Å². The Morgan fingerprint density at radius 3 is 0.367 bits per heavy atom. The first-order valence-corrected chi connectivity index (χ1v) is 23.7. The van der Waals surface area contributed by atoms with E-state index in [4.69, 9.17) is 9.42 Å². The normalized spacial score (nSPS) is 9.77. The monoisotopic (exact) mass is 691 g/mol. The van der Waals surface area contributed by atoms with Crippen molar-refractivity contribution in [3.05, 3.63) is 0 Å². The van der Waals surface area contributed by atoms with E-state index in [1.54, 1.807) is 0 Å². The molecule has 0 atom stereocenters. The summed E-state index contributed by atoms with van der Waals surface area (Å²) in [6, 6.07) is 0. The molecule has 0 bridgehead atoms. The van der Waals surface area contributed by atoms with Gasteiger partial charge in [0.1, 0.15) is 0 Å². The fraction of sp³-hybridized carbons (Fsp3) is 1.00. The SMILES string of the molecule is CCP(CC)CC.CCP(CC)CC.CCP(CC)CC.CCP(CC)CC.[Cl][W]. The van der Waals surface area contributed by atoms with E-state index in [-0.39, 0.29) is 0 Å². The first-order chi connectivity index (χ1) is 14.4. The molecule has 0 aromatic rings. The number of halogens is 1. The molecule has 0 aliphatic carbocycles. The van der Waals surface area contributed by atoms with Crippen LogP contribution in [0, 0.1) is 0 Å². The van der Waals surface area contributed by atoms with Gasteiger partial charge in [-0.3, -0.25) is 0 Å². The van der Waals surface area contributed by atoms with Crippen molar-refractivity contribution in [1.82, 2.24) is 0 Å². The van der Waals surface area contributed by atoms with Crippen molar-refractivity contribution < 1.29 is 18.8 Å². The van der Waals surface area contributed by atoms with Gasteiger partial charge >= 0.3 is 28.2 Å². The molecule has 0 saturated heterocycles. The molecule has 30 heavy (non-hydrogen) atoms. The maximum absolute atomic E-state index is 4.72. The Balaban J connectivity index is -0.0000000899. The van der Waals surface area contributed by atoms with Gasteiger partial charge in [-0.2, -0.15) is 0 Å². The van der Waals surface area contributed by atoms with Gasteiger partial charge in [0.05, 0.1) is 0 Å². The Hall–Kier alpha value is 2.70. The van der Waals surface area contributed by atoms with Crippen molar-refractivity contribution >= 4 is 41.1 Å². The molecule has 0 aromatic heterocycles. The molecule has 6 heteroatoms. The van der Waals surface area contributed by atoms with Crippen molar-refractivity contribution in [2.24, 2.45) is 0 Å². The second-order valence-electron chi connectivity index (χ2n) is 6.48. The van der Waals surface area contributed by atoms with Crippen LogP contribution in [-0.2, 0) is 18.8 Å².